The van der Waals surface area contributed by atoms with Crippen LogP contribution >= 0.6 is 0 Å². The molecular formula is C84H70BN3O. The zero-order valence-corrected chi connectivity index (χ0v) is 51.1. The molecule has 0 amide bonds. The van der Waals surface area contributed by atoms with Crippen molar-refractivity contribution < 1.29 is 22.2 Å². The molecule has 16 rings (SSSR count). The molecular weight excluding hydrogens is 1080 g/mol. The molecule has 0 fully saturated rings. The number of anilines is 6. The third-order valence-corrected chi connectivity index (χ3v) is 18.2. The van der Waals surface area contributed by atoms with Crippen LogP contribution in [0, 0.1) is 0 Å². The lowest BCUT2D eigenvalue weighted by Crippen LogP contribution is -2.61. The van der Waals surface area contributed by atoms with E-state index in [4.69, 9.17) is 11.3 Å². The minimum absolute atomic E-state index is 0.0228. The highest BCUT2D eigenvalue weighted by molar-refractivity contribution is 7.00. The second kappa shape index (κ2) is 20.2. The van der Waals surface area contributed by atoms with Gasteiger partial charge in [0, 0.05) is 61.3 Å². The van der Waals surface area contributed by atoms with Crippen molar-refractivity contribution in [3.8, 4) is 50.2 Å². The Bertz CT molecular complexity index is 5780. The van der Waals surface area contributed by atoms with E-state index in [2.05, 4.69) is 157 Å². The fourth-order valence-corrected chi connectivity index (χ4v) is 13.7. The predicted molar refractivity (Wildman–Crippen MR) is 380 cm³/mol. The van der Waals surface area contributed by atoms with Crippen LogP contribution in [-0.2, 0) is 16.2 Å². The fourth-order valence-electron chi connectivity index (χ4n) is 13.7. The number of furan rings is 1. The summed E-state index contributed by atoms with van der Waals surface area (Å²) in [5.74, 6) is 0. The molecule has 4 nitrogen and oxygen atoms in total. The number of aromatic nitrogens is 1. The molecule has 12 aromatic carbocycles. The van der Waals surface area contributed by atoms with E-state index in [1.54, 1.807) is 4.57 Å². The Labute approximate surface area is 541 Å². The van der Waals surface area contributed by atoms with Crippen molar-refractivity contribution in [1.29, 1.82) is 0 Å². The summed E-state index contributed by atoms with van der Waals surface area (Å²) in [6, 6.07) is 56.5. The van der Waals surface area contributed by atoms with Crippen LogP contribution in [0.1, 0.15) is 96.8 Å². The number of rotatable bonds is 7. The zero-order valence-electron chi connectivity index (χ0n) is 64.1. The first-order valence-electron chi connectivity index (χ1n) is 37.0. The van der Waals surface area contributed by atoms with Crippen LogP contribution in [0.5, 0.6) is 0 Å². The molecule has 0 unspecified atom stereocenters. The van der Waals surface area contributed by atoms with Gasteiger partial charge < -0.3 is 18.8 Å². The second-order valence-corrected chi connectivity index (χ2v) is 26.7. The average Bonchev–Trinajstić information content (AvgIpc) is 0.954. The molecule has 0 radical (unpaired) electrons. The average molecular weight is 1160 g/mol. The van der Waals surface area contributed by atoms with E-state index in [0.29, 0.717) is 33.8 Å². The van der Waals surface area contributed by atoms with Gasteiger partial charge in [-0.3, -0.25) is 0 Å². The third-order valence-electron chi connectivity index (χ3n) is 18.2. The zero-order chi connectivity index (χ0) is 72.0. The van der Waals surface area contributed by atoms with Crippen LogP contribution in [0.15, 0.2) is 265 Å². The second-order valence-electron chi connectivity index (χ2n) is 26.7. The highest BCUT2D eigenvalue weighted by Gasteiger charge is 2.46. The summed E-state index contributed by atoms with van der Waals surface area (Å²) >= 11 is 0. The first-order chi connectivity index (χ1) is 48.5. The van der Waals surface area contributed by atoms with Crippen molar-refractivity contribution in [1.82, 2.24) is 4.57 Å². The molecule has 89 heavy (non-hydrogen) atoms. The molecule has 0 atom stereocenters. The third kappa shape index (κ3) is 8.80. The van der Waals surface area contributed by atoms with Crippen LogP contribution in [0.4, 0.5) is 34.1 Å². The first-order valence-corrected chi connectivity index (χ1v) is 30.5. The number of hydrogen-bond donors (Lipinski definition) is 0. The number of benzene rings is 12. The Morgan fingerprint density at radius 3 is 1.47 bits per heavy atom. The lowest BCUT2D eigenvalue weighted by Gasteiger charge is -2.46. The summed E-state index contributed by atoms with van der Waals surface area (Å²) in [5.41, 5.74) is 16.6. The van der Waals surface area contributed by atoms with Crippen molar-refractivity contribution in [2.45, 2.75) is 78.6 Å². The Balaban J connectivity index is 1.13. The quantitative estimate of drug-likeness (QED) is 0.149. The first kappa shape index (κ1) is 41.9. The minimum atomic E-state index is -0.665. The van der Waals surface area contributed by atoms with E-state index in [1.807, 2.05) is 97.1 Å². The van der Waals surface area contributed by atoms with Gasteiger partial charge in [-0.05, 0) is 150 Å². The van der Waals surface area contributed by atoms with E-state index in [0.717, 1.165) is 100.0 Å². The molecule has 4 heterocycles. The highest BCUT2D eigenvalue weighted by Crippen LogP contribution is 2.55. The van der Waals surface area contributed by atoms with Crippen molar-refractivity contribution >= 4 is 101 Å². The highest BCUT2D eigenvalue weighted by atomic mass is 16.3. The van der Waals surface area contributed by atoms with Crippen molar-refractivity contribution in [2.24, 2.45) is 0 Å². The lowest BCUT2D eigenvalue weighted by molar-refractivity contribution is 0.590. The Morgan fingerprint density at radius 1 is 0.360 bits per heavy atom. The van der Waals surface area contributed by atoms with Gasteiger partial charge in [-0.25, -0.2) is 0 Å². The molecule has 0 saturated heterocycles. The molecule has 2 aliphatic rings. The fraction of sp³-hybridized carbons (Fsp3) is 0.143. The number of nitrogens with zero attached hydrogens (tertiary/aromatic N) is 3. The van der Waals surface area contributed by atoms with E-state index in [-0.39, 0.29) is 50.3 Å². The van der Waals surface area contributed by atoms with Crippen LogP contribution in [-0.4, -0.2) is 11.3 Å². The molecule has 0 saturated carbocycles. The minimum Gasteiger partial charge on any atom is -0.456 e. The predicted octanol–water partition coefficient (Wildman–Crippen LogP) is 21.3. The summed E-state index contributed by atoms with van der Waals surface area (Å²) in [4.78, 5) is 4.67. The van der Waals surface area contributed by atoms with E-state index >= 15 is 0 Å². The van der Waals surface area contributed by atoms with Crippen molar-refractivity contribution in [3.05, 3.63) is 277 Å². The van der Waals surface area contributed by atoms with Crippen LogP contribution in [0.3, 0.4) is 0 Å². The van der Waals surface area contributed by atoms with Gasteiger partial charge in [0.25, 0.3) is 6.71 Å². The Kier molecular flexibility index (Phi) is 9.53. The van der Waals surface area contributed by atoms with Crippen LogP contribution < -0.4 is 26.2 Å². The number of hydrogen-bond acceptors (Lipinski definition) is 3. The maximum atomic E-state index is 9.74. The monoisotopic (exact) mass is 1160 g/mol. The van der Waals surface area contributed by atoms with Gasteiger partial charge in [0.05, 0.1) is 45.6 Å². The van der Waals surface area contributed by atoms with Crippen LogP contribution in [0.2, 0.25) is 0 Å². The summed E-state index contributed by atoms with van der Waals surface area (Å²) in [7, 11) is 0. The van der Waals surface area contributed by atoms with Gasteiger partial charge >= 0.3 is 0 Å². The van der Waals surface area contributed by atoms with E-state index < -0.39 is 78.6 Å². The van der Waals surface area contributed by atoms with Crippen molar-refractivity contribution in [3.63, 3.8) is 0 Å². The SMILES string of the molecule is [2H]c1c([2H])c([2H])c(-c2ccc3c(c2)N(c2c(-c4ccccc4)cc(C(C)(C)C)cc2-c2ccccc2)c2cc(C(C)(C)C)cc4c2B3c2ccc(-n3c5c([2H])c([2H])c([2H])c([2H])c5c5c([2H])c([2H])c([2H])c([2H])c53)cc2N4c2c(-c3ccc(C(C)(C)C)cc3)ccc3oc4ccccc4c23)c([2H])c1[2H]. The largest absolute Gasteiger partial charge is 0.456 e. The van der Waals surface area contributed by atoms with E-state index in [9.17, 15) is 11.0 Å². The molecule has 2 aliphatic heterocycles. The smallest absolute Gasteiger partial charge is 0.252 e. The van der Waals surface area contributed by atoms with Crippen LogP contribution in [0.25, 0.3) is 93.9 Å². The molecule has 0 bridgehead atoms. The van der Waals surface area contributed by atoms with E-state index in [1.165, 1.54) is 0 Å². The molecule has 0 N–H and O–H groups in total. The molecule has 14 aromatic rings. The molecule has 0 aliphatic carbocycles. The van der Waals surface area contributed by atoms with Gasteiger partial charge in [0.2, 0.25) is 0 Å². The topological polar surface area (TPSA) is 24.6 Å². The lowest BCUT2D eigenvalue weighted by atomic mass is 9.33. The molecule has 2 aromatic heterocycles. The standard InChI is InChI=1S/C84H70BN3O/c1-82(2,3)58-40-37-56(38-41-58)62-43-46-77-78(65-33-21-24-36-76(65)89-77)81(62)88-73-52-61(86-70-34-22-19-31-63(70)64-32-20-23-35-71(64)86)42-45-69(73)85-68-44-39-57(53-25-13-10-14-26-53)47-72(68)87(74-50-60(84(7,8)9)51-75(88)79(74)85)80-66(54-27-15-11-16-28-54)48-59(83(4,5)6)49-67(80)55-29-17-12-18-30-55/h10-52H,1-9H3/i10D,13D,14D,19D,20D,22D,23D,25D,26D,31D,32D,34D,35D. The maximum absolute atomic E-state index is 9.74. The number of fused-ring (bicyclic) bond motifs is 10. The van der Waals surface area contributed by atoms with Gasteiger partial charge in [-0.2, -0.15) is 0 Å². The number of para-hydroxylation sites is 3. The summed E-state index contributed by atoms with van der Waals surface area (Å²) in [6.45, 7) is 19.1. The maximum Gasteiger partial charge on any atom is 0.252 e. The molecule has 5 heteroatoms. The normalized spacial score (nSPS) is 15.2. The Hall–Kier alpha value is -10.1. The van der Waals surface area contributed by atoms with Gasteiger partial charge in [0.1, 0.15) is 11.2 Å². The van der Waals surface area contributed by atoms with Gasteiger partial charge in [0.15, 0.2) is 0 Å². The van der Waals surface area contributed by atoms with Gasteiger partial charge in [-0.15, -0.1) is 0 Å². The molecule has 430 valence electrons. The summed E-state index contributed by atoms with van der Waals surface area (Å²) in [5, 5.41) is 1.56. The summed E-state index contributed by atoms with van der Waals surface area (Å²) < 4.78 is 129. The Morgan fingerprint density at radius 2 is 0.865 bits per heavy atom. The summed E-state index contributed by atoms with van der Waals surface area (Å²) in [6.07, 6.45) is 0. The van der Waals surface area contributed by atoms with Gasteiger partial charge in [-0.1, -0.05) is 250 Å². The molecule has 0 spiro atoms. The van der Waals surface area contributed by atoms with Crippen molar-refractivity contribution in [2.75, 3.05) is 9.80 Å².